The number of likely N-dealkylation sites (tertiary alicyclic amines) is 1. The van der Waals surface area contributed by atoms with Gasteiger partial charge in [0.15, 0.2) is 0 Å². The molecule has 0 saturated carbocycles. The van der Waals surface area contributed by atoms with Crippen LogP contribution in [0.15, 0.2) is 18.2 Å². The molecule has 1 saturated heterocycles. The molecule has 168 valence electrons. The highest BCUT2D eigenvalue weighted by atomic mass is 16.5. The number of anilines is 2. The van der Waals surface area contributed by atoms with Crippen molar-refractivity contribution in [2.75, 3.05) is 63.4 Å². The maximum atomic E-state index is 13.1. The lowest BCUT2D eigenvalue weighted by Crippen LogP contribution is -2.52. The Morgan fingerprint density at radius 3 is 2.45 bits per heavy atom. The lowest BCUT2D eigenvalue weighted by molar-refractivity contribution is -0.147. The van der Waals surface area contributed by atoms with E-state index in [9.17, 15) is 24.3 Å². The Hall–Kier alpha value is -2.98. The summed E-state index contributed by atoms with van der Waals surface area (Å²) in [4.78, 5) is 53.8. The molecule has 0 aromatic heterocycles. The van der Waals surface area contributed by atoms with Crippen molar-refractivity contribution in [1.29, 1.82) is 0 Å². The molecule has 2 aliphatic rings. The number of aromatic carboxylic acids is 1. The molecule has 0 spiro atoms. The van der Waals surface area contributed by atoms with Crippen molar-refractivity contribution in [3.8, 4) is 0 Å². The van der Waals surface area contributed by atoms with Gasteiger partial charge in [-0.15, -0.1) is 0 Å². The van der Waals surface area contributed by atoms with Crippen molar-refractivity contribution in [2.45, 2.75) is 12.8 Å². The van der Waals surface area contributed by atoms with E-state index in [1.807, 2.05) is 4.90 Å². The third-order valence-corrected chi connectivity index (χ3v) is 5.70. The summed E-state index contributed by atoms with van der Waals surface area (Å²) in [6.07, 6.45) is 1.20. The molecule has 2 aliphatic heterocycles. The van der Waals surface area contributed by atoms with E-state index < -0.39 is 5.97 Å². The molecule has 2 amide bonds. The van der Waals surface area contributed by atoms with Crippen LogP contribution in [0.4, 0.5) is 11.4 Å². The van der Waals surface area contributed by atoms with Gasteiger partial charge in [0.1, 0.15) is 6.54 Å². The number of benzene rings is 1. The number of nitrogens with zero attached hydrogens (tertiary/aromatic N) is 3. The smallest absolute Gasteiger partial charge is 0.335 e. The quantitative estimate of drug-likeness (QED) is 0.622. The molecule has 31 heavy (non-hydrogen) atoms. The lowest BCUT2D eigenvalue weighted by atomic mass is 9.97. The van der Waals surface area contributed by atoms with E-state index in [2.05, 4.69) is 0 Å². The zero-order chi connectivity index (χ0) is 22.5. The first kappa shape index (κ1) is 22.7. The normalized spacial score (nSPS) is 17.4. The van der Waals surface area contributed by atoms with Crippen LogP contribution in [0.5, 0.6) is 0 Å². The molecule has 1 N–H and O–H groups in total. The van der Waals surface area contributed by atoms with Crippen molar-refractivity contribution in [1.82, 2.24) is 4.90 Å². The molecule has 10 heteroatoms. The average molecular weight is 433 g/mol. The molecule has 1 aromatic carbocycles. The molecule has 0 radical (unpaired) electrons. The second kappa shape index (κ2) is 9.88. The molecular formula is C21H27N3O7. The highest BCUT2D eigenvalue weighted by molar-refractivity contribution is 6.12. The zero-order valence-corrected chi connectivity index (χ0v) is 17.7. The number of carbonyl (C=O) groups is 4. The van der Waals surface area contributed by atoms with Gasteiger partial charge in [-0.25, -0.2) is 4.79 Å². The summed E-state index contributed by atoms with van der Waals surface area (Å²) in [6.45, 7) is 1.66. The second-order valence-electron chi connectivity index (χ2n) is 7.60. The number of amides is 2. The number of methoxy groups -OCH3 is 2. The van der Waals surface area contributed by atoms with Gasteiger partial charge in [0.2, 0.25) is 11.8 Å². The van der Waals surface area contributed by atoms with Gasteiger partial charge in [-0.05, 0) is 44.1 Å². The summed E-state index contributed by atoms with van der Waals surface area (Å²) in [7, 11) is 2.90. The van der Waals surface area contributed by atoms with Crippen molar-refractivity contribution in [3.63, 3.8) is 0 Å². The van der Waals surface area contributed by atoms with Crippen LogP contribution in [0.1, 0.15) is 23.2 Å². The fourth-order valence-corrected chi connectivity index (χ4v) is 3.96. The Bertz CT molecular complexity index is 865. The fourth-order valence-electron chi connectivity index (χ4n) is 3.96. The maximum Gasteiger partial charge on any atom is 0.335 e. The van der Waals surface area contributed by atoms with Crippen LogP contribution in [-0.4, -0.2) is 87.3 Å². The Labute approximate surface area is 180 Å². The molecule has 0 atom stereocenters. The van der Waals surface area contributed by atoms with Gasteiger partial charge in [0, 0.05) is 13.7 Å². The highest BCUT2D eigenvalue weighted by Gasteiger charge is 2.34. The second-order valence-corrected chi connectivity index (χ2v) is 7.60. The van der Waals surface area contributed by atoms with Gasteiger partial charge in [-0.2, -0.15) is 0 Å². The number of hydrogen-bond donors (Lipinski definition) is 1. The fraction of sp³-hybridized carbons (Fsp3) is 0.524. The molecule has 2 heterocycles. The number of esters is 1. The summed E-state index contributed by atoms with van der Waals surface area (Å²) in [5, 5.41) is 9.37. The molecule has 3 rings (SSSR count). The maximum absolute atomic E-state index is 13.1. The van der Waals surface area contributed by atoms with Crippen molar-refractivity contribution < 1.29 is 33.8 Å². The van der Waals surface area contributed by atoms with Crippen LogP contribution in [0.25, 0.3) is 0 Å². The van der Waals surface area contributed by atoms with Crippen LogP contribution in [-0.2, 0) is 23.9 Å². The number of carbonyl (C=O) groups excluding carboxylic acids is 3. The van der Waals surface area contributed by atoms with E-state index in [0.29, 0.717) is 50.5 Å². The van der Waals surface area contributed by atoms with Gasteiger partial charge in [0.05, 0.1) is 43.1 Å². The minimum atomic E-state index is -1.11. The predicted octanol–water partition coefficient (Wildman–Crippen LogP) is 0.596. The van der Waals surface area contributed by atoms with Gasteiger partial charge in [-0.1, -0.05) is 0 Å². The van der Waals surface area contributed by atoms with Crippen molar-refractivity contribution >= 4 is 35.1 Å². The minimum absolute atomic E-state index is 0.0384. The highest BCUT2D eigenvalue weighted by Crippen LogP contribution is 2.35. The summed E-state index contributed by atoms with van der Waals surface area (Å²) in [5.74, 6) is -2.06. The SMILES string of the molecule is COCCN1C(=O)CN(C(=O)CN2CCC(C(=O)OC)CC2)c2cc(C(=O)O)ccc21. The van der Waals surface area contributed by atoms with E-state index in [-0.39, 0.29) is 42.4 Å². The summed E-state index contributed by atoms with van der Waals surface area (Å²) in [5.41, 5.74) is 0.914. The number of ether oxygens (including phenoxy) is 2. The molecule has 1 aromatic rings. The Kier molecular flexibility index (Phi) is 7.24. The minimum Gasteiger partial charge on any atom is -0.478 e. The summed E-state index contributed by atoms with van der Waals surface area (Å²) < 4.78 is 9.86. The van der Waals surface area contributed by atoms with Crippen LogP contribution in [0.3, 0.4) is 0 Å². The third kappa shape index (κ3) is 5.02. The Morgan fingerprint density at radius 1 is 1.13 bits per heavy atom. The number of piperidine rings is 1. The zero-order valence-electron chi connectivity index (χ0n) is 17.7. The van der Waals surface area contributed by atoms with E-state index in [1.54, 1.807) is 6.07 Å². The number of carboxylic acid groups (broad SMARTS) is 1. The first-order valence-corrected chi connectivity index (χ1v) is 10.1. The van der Waals surface area contributed by atoms with Crippen LogP contribution in [0, 0.1) is 5.92 Å². The first-order chi connectivity index (χ1) is 14.8. The van der Waals surface area contributed by atoms with Gasteiger partial charge < -0.3 is 19.5 Å². The van der Waals surface area contributed by atoms with Crippen LogP contribution >= 0.6 is 0 Å². The van der Waals surface area contributed by atoms with Crippen molar-refractivity contribution in [3.05, 3.63) is 23.8 Å². The summed E-state index contributed by atoms with van der Waals surface area (Å²) in [6, 6.07) is 4.39. The first-order valence-electron chi connectivity index (χ1n) is 10.1. The number of hydrogen-bond acceptors (Lipinski definition) is 7. The molecule has 0 unspecified atom stereocenters. The lowest BCUT2D eigenvalue weighted by Gasteiger charge is -2.38. The number of rotatable bonds is 7. The average Bonchev–Trinajstić information content (AvgIpc) is 2.77. The van der Waals surface area contributed by atoms with E-state index in [0.717, 1.165) is 0 Å². The van der Waals surface area contributed by atoms with E-state index in [1.165, 1.54) is 36.2 Å². The molecule has 1 fully saturated rings. The molecular weight excluding hydrogens is 406 g/mol. The van der Waals surface area contributed by atoms with E-state index in [4.69, 9.17) is 9.47 Å². The van der Waals surface area contributed by atoms with Crippen LogP contribution < -0.4 is 9.80 Å². The Balaban J connectivity index is 1.78. The van der Waals surface area contributed by atoms with Gasteiger partial charge in [0.25, 0.3) is 0 Å². The Morgan fingerprint density at radius 2 is 1.84 bits per heavy atom. The third-order valence-electron chi connectivity index (χ3n) is 5.70. The monoisotopic (exact) mass is 433 g/mol. The van der Waals surface area contributed by atoms with Crippen LogP contribution in [0.2, 0.25) is 0 Å². The number of carboxylic acids is 1. The molecule has 10 nitrogen and oxygen atoms in total. The number of fused-ring (bicyclic) bond motifs is 1. The van der Waals surface area contributed by atoms with Gasteiger partial charge in [-0.3, -0.25) is 24.2 Å². The topological polar surface area (TPSA) is 117 Å². The van der Waals surface area contributed by atoms with E-state index >= 15 is 0 Å². The predicted molar refractivity (Wildman–Crippen MR) is 111 cm³/mol. The van der Waals surface area contributed by atoms with Crippen molar-refractivity contribution in [2.24, 2.45) is 5.92 Å². The van der Waals surface area contributed by atoms with Gasteiger partial charge >= 0.3 is 11.9 Å². The molecule has 0 aliphatic carbocycles. The summed E-state index contributed by atoms with van der Waals surface area (Å²) >= 11 is 0. The standard InChI is InChI=1S/C21H27N3O7/c1-30-10-9-23-16-4-3-15(20(27)28)11-17(16)24(13-19(23)26)18(25)12-22-7-5-14(6-8-22)21(29)31-2/h3-4,11,14H,5-10,12-13H2,1-2H3,(H,27,28). The molecule has 0 bridgehead atoms. The largest absolute Gasteiger partial charge is 0.478 e.